The first-order valence-corrected chi connectivity index (χ1v) is 5.95. The van der Waals surface area contributed by atoms with Crippen molar-refractivity contribution in [1.29, 1.82) is 0 Å². The number of aromatic nitrogens is 1. The molecule has 1 heterocycles. The largest absolute Gasteiger partial charge is 0.323 e. The van der Waals surface area contributed by atoms with Gasteiger partial charge in [0.05, 0.1) is 23.1 Å². The highest BCUT2D eigenvalue weighted by Crippen LogP contribution is 2.23. The number of hydrazine groups is 1. The Morgan fingerprint density at radius 3 is 2.84 bits per heavy atom. The number of nitrogens with two attached hydrogens (primary N) is 1. The van der Waals surface area contributed by atoms with Crippen LogP contribution in [0.3, 0.4) is 0 Å². The minimum Gasteiger partial charge on any atom is -0.323 e. The van der Waals surface area contributed by atoms with E-state index in [-0.39, 0.29) is 5.91 Å². The normalized spacial score (nSPS) is 10.1. The maximum atomic E-state index is 12.4. The molecular formula is C13H13ClN4O. The average Bonchev–Trinajstić information content (AvgIpc) is 2.46. The molecule has 5 nitrogen and oxygen atoms in total. The molecule has 0 atom stereocenters. The number of carbonyl (C=O) groups is 1. The van der Waals surface area contributed by atoms with E-state index < -0.39 is 0 Å². The van der Waals surface area contributed by atoms with E-state index in [1.54, 1.807) is 49.8 Å². The molecule has 0 aliphatic rings. The Balaban J connectivity index is 2.37. The van der Waals surface area contributed by atoms with Gasteiger partial charge in [0.2, 0.25) is 0 Å². The Hall–Kier alpha value is -2.11. The fraction of sp³-hybridized carbons (Fsp3) is 0.0769. The van der Waals surface area contributed by atoms with Crippen molar-refractivity contribution in [1.82, 2.24) is 4.98 Å². The van der Waals surface area contributed by atoms with E-state index >= 15 is 0 Å². The molecular weight excluding hydrogens is 264 g/mol. The first kappa shape index (κ1) is 13.3. The van der Waals surface area contributed by atoms with Gasteiger partial charge in [-0.3, -0.25) is 15.6 Å². The third kappa shape index (κ3) is 2.83. The first-order valence-electron chi connectivity index (χ1n) is 5.57. The lowest BCUT2D eigenvalue weighted by Gasteiger charge is -2.18. The summed E-state index contributed by atoms with van der Waals surface area (Å²) < 4.78 is 0. The monoisotopic (exact) mass is 276 g/mol. The highest BCUT2D eigenvalue weighted by molar-refractivity contribution is 6.31. The summed E-state index contributed by atoms with van der Waals surface area (Å²) in [7, 11) is 1.67. The zero-order valence-corrected chi connectivity index (χ0v) is 11.1. The van der Waals surface area contributed by atoms with Crippen molar-refractivity contribution in [3.05, 3.63) is 53.3 Å². The molecule has 0 aliphatic carbocycles. The van der Waals surface area contributed by atoms with Crippen molar-refractivity contribution < 1.29 is 4.79 Å². The van der Waals surface area contributed by atoms with Gasteiger partial charge in [-0.25, -0.2) is 0 Å². The van der Waals surface area contributed by atoms with Crippen LogP contribution in [0.5, 0.6) is 0 Å². The number of halogens is 1. The fourth-order valence-corrected chi connectivity index (χ4v) is 1.84. The summed E-state index contributed by atoms with van der Waals surface area (Å²) in [5.41, 5.74) is 4.10. The van der Waals surface area contributed by atoms with Crippen molar-refractivity contribution in [2.24, 2.45) is 5.84 Å². The number of amides is 1. The summed E-state index contributed by atoms with van der Waals surface area (Å²) in [5, 5.41) is 0.474. The number of rotatable bonds is 3. The van der Waals surface area contributed by atoms with Crippen LogP contribution in [0.25, 0.3) is 0 Å². The van der Waals surface area contributed by atoms with Crippen LogP contribution in [-0.4, -0.2) is 17.9 Å². The lowest BCUT2D eigenvalue weighted by molar-refractivity contribution is 0.0993. The van der Waals surface area contributed by atoms with E-state index in [1.807, 2.05) is 0 Å². The molecule has 0 fully saturated rings. The van der Waals surface area contributed by atoms with Crippen LogP contribution in [0.4, 0.5) is 11.4 Å². The molecule has 3 N–H and O–H groups in total. The number of nitrogens with one attached hydrogen (secondary N) is 1. The minimum atomic E-state index is -0.219. The van der Waals surface area contributed by atoms with Gasteiger partial charge in [0.25, 0.3) is 5.91 Å². The van der Waals surface area contributed by atoms with Crippen LogP contribution < -0.4 is 16.2 Å². The van der Waals surface area contributed by atoms with E-state index in [0.29, 0.717) is 22.0 Å². The highest BCUT2D eigenvalue weighted by atomic mass is 35.5. The summed E-state index contributed by atoms with van der Waals surface area (Å²) in [6.45, 7) is 0. The highest BCUT2D eigenvalue weighted by Gasteiger charge is 2.17. The predicted octanol–water partition coefficient (Wildman–Crippen LogP) is 2.30. The molecule has 6 heteroatoms. The number of benzene rings is 1. The summed E-state index contributed by atoms with van der Waals surface area (Å²) in [5.74, 6) is 5.18. The molecule has 0 unspecified atom stereocenters. The van der Waals surface area contributed by atoms with Gasteiger partial charge < -0.3 is 10.3 Å². The van der Waals surface area contributed by atoms with Crippen molar-refractivity contribution in [3.63, 3.8) is 0 Å². The van der Waals surface area contributed by atoms with Crippen LogP contribution in [0.1, 0.15) is 10.4 Å². The zero-order chi connectivity index (χ0) is 13.8. The first-order chi connectivity index (χ1) is 9.13. The molecule has 0 aliphatic heterocycles. The van der Waals surface area contributed by atoms with Crippen LogP contribution in [0, 0.1) is 0 Å². The van der Waals surface area contributed by atoms with E-state index in [4.69, 9.17) is 17.4 Å². The summed E-state index contributed by atoms with van der Waals surface area (Å²) in [6.07, 6.45) is 3.26. The molecule has 1 aromatic heterocycles. The maximum absolute atomic E-state index is 12.4. The van der Waals surface area contributed by atoms with Crippen molar-refractivity contribution in [2.75, 3.05) is 17.4 Å². The molecule has 2 rings (SSSR count). The quantitative estimate of drug-likeness (QED) is 0.666. The molecule has 0 bridgehead atoms. The average molecular weight is 277 g/mol. The van der Waals surface area contributed by atoms with Gasteiger partial charge in [-0.15, -0.1) is 0 Å². The summed E-state index contributed by atoms with van der Waals surface area (Å²) in [6, 6.07) is 8.46. The van der Waals surface area contributed by atoms with Crippen LogP contribution >= 0.6 is 11.6 Å². The van der Waals surface area contributed by atoms with Gasteiger partial charge in [-0.05, 0) is 30.3 Å². The van der Waals surface area contributed by atoms with Crippen LogP contribution in [0.2, 0.25) is 5.02 Å². The lowest BCUT2D eigenvalue weighted by atomic mass is 10.1. The number of nitrogens with zero attached hydrogens (tertiary/aromatic N) is 2. The third-order valence-electron chi connectivity index (χ3n) is 2.71. The Labute approximate surface area is 116 Å². The zero-order valence-electron chi connectivity index (χ0n) is 10.3. The molecule has 0 radical (unpaired) electrons. The standard InChI is InChI=1S/C13H13ClN4O/c1-18(10-3-2-6-16-8-10)13(19)11-7-9(14)4-5-12(11)17-15/h2-8,17H,15H2,1H3. The number of hydrogen-bond donors (Lipinski definition) is 2. The Morgan fingerprint density at radius 1 is 1.42 bits per heavy atom. The molecule has 19 heavy (non-hydrogen) atoms. The van der Waals surface area contributed by atoms with Crippen LogP contribution in [-0.2, 0) is 0 Å². The van der Waals surface area contributed by atoms with Gasteiger partial charge in [0.1, 0.15) is 0 Å². The number of nitrogen functional groups attached to an aromatic ring is 1. The third-order valence-corrected chi connectivity index (χ3v) is 2.94. The van der Waals surface area contributed by atoms with E-state index in [9.17, 15) is 4.79 Å². The van der Waals surface area contributed by atoms with Crippen LogP contribution in [0.15, 0.2) is 42.7 Å². The van der Waals surface area contributed by atoms with Crippen molar-refractivity contribution >= 4 is 28.9 Å². The predicted molar refractivity (Wildman–Crippen MR) is 76.2 cm³/mol. The number of anilines is 2. The topological polar surface area (TPSA) is 71.2 Å². The Morgan fingerprint density at radius 2 is 2.21 bits per heavy atom. The van der Waals surface area contributed by atoms with Gasteiger partial charge in [-0.2, -0.15) is 0 Å². The second kappa shape index (κ2) is 5.69. The second-order valence-corrected chi connectivity index (χ2v) is 4.35. The smallest absolute Gasteiger partial charge is 0.260 e. The maximum Gasteiger partial charge on any atom is 0.260 e. The van der Waals surface area contributed by atoms with Crippen molar-refractivity contribution in [2.45, 2.75) is 0 Å². The van der Waals surface area contributed by atoms with Gasteiger partial charge in [0, 0.05) is 18.3 Å². The lowest BCUT2D eigenvalue weighted by Crippen LogP contribution is -2.27. The summed E-state index contributed by atoms with van der Waals surface area (Å²) >= 11 is 5.92. The molecule has 0 spiro atoms. The van der Waals surface area contributed by atoms with E-state index in [2.05, 4.69) is 10.4 Å². The molecule has 1 amide bonds. The van der Waals surface area contributed by atoms with E-state index in [0.717, 1.165) is 0 Å². The van der Waals surface area contributed by atoms with E-state index in [1.165, 1.54) is 4.90 Å². The number of carbonyl (C=O) groups excluding carboxylic acids is 1. The van der Waals surface area contributed by atoms with Gasteiger partial charge >= 0.3 is 0 Å². The van der Waals surface area contributed by atoms with Gasteiger partial charge in [-0.1, -0.05) is 11.6 Å². The van der Waals surface area contributed by atoms with Gasteiger partial charge in [0.15, 0.2) is 0 Å². The fourth-order valence-electron chi connectivity index (χ4n) is 1.67. The number of hydrogen-bond acceptors (Lipinski definition) is 4. The SMILES string of the molecule is CN(C(=O)c1cc(Cl)ccc1NN)c1cccnc1. The molecule has 0 saturated carbocycles. The molecule has 98 valence electrons. The molecule has 1 aromatic carbocycles. The minimum absolute atomic E-state index is 0.219. The summed E-state index contributed by atoms with van der Waals surface area (Å²) in [4.78, 5) is 17.9. The second-order valence-electron chi connectivity index (χ2n) is 3.91. The van der Waals surface area contributed by atoms with Crippen molar-refractivity contribution in [3.8, 4) is 0 Å². The number of pyridine rings is 1. The molecule has 2 aromatic rings. The Bertz CT molecular complexity index is 588. The Kier molecular flexibility index (Phi) is 3.99. The molecule has 0 saturated heterocycles.